The second-order valence-electron chi connectivity index (χ2n) is 5.02. The van der Waals surface area contributed by atoms with E-state index in [1.165, 1.54) is 0 Å². The molecule has 0 spiro atoms. The van der Waals surface area contributed by atoms with Crippen molar-refractivity contribution in [1.29, 1.82) is 5.26 Å². The van der Waals surface area contributed by atoms with Crippen molar-refractivity contribution in [3.63, 3.8) is 0 Å². The van der Waals surface area contributed by atoms with Crippen LogP contribution in [0.3, 0.4) is 0 Å². The van der Waals surface area contributed by atoms with Crippen molar-refractivity contribution in [2.24, 2.45) is 11.5 Å². The van der Waals surface area contributed by atoms with Crippen LogP contribution < -0.4 is 22.1 Å². The van der Waals surface area contributed by atoms with Gasteiger partial charge >= 0.3 is 0 Å². The van der Waals surface area contributed by atoms with Crippen LogP contribution in [-0.2, 0) is 4.79 Å². The third kappa shape index (κ3) is 4.38. The topological polar surface area (TPSA) is 173 Å². The molecule has 1 aromatic carbocycles. The molecule has 0 radical (unpaired) electrons. The SMILES string of the molecule is CC[C@@H](Nc1nnc(C(N)=O)c(Nc2cccc(C#N)c2)n1)C(N)=O. The number of hydrogen-bond donors (Lipinski definition) is 4. The standard InChI is InChI=1S/C15H16N8O2/c1-2-10(12(17)24)20-15-21-14(11(13(18)25)22-23-15)19-9-5-3-4-8(6-9)7-16/h3-6,10H,2H2,1H3,(H2,17,24)(H2,18,25)(H2,19,20,21,23)/t10-/m1/s1. The predicted molar refractivity (Wildman–Crippen MR) is 89.7 cm³/mol. The molecule has 1 aromatic heterocycles. The summed E-state index contributed by atoms with van der Waals surface area (Å²) in [6.07, 6.45) is 0.420. The lowest BCUT2D eigenvalue weighted by atomic mass is 10.2. The summed E-state index contributed by atoms with van der Waals surface area (Å²) in [7, 11) is 0. The van der Waals surface area contributed by atoms with Gasteiger partial charge in [0, 0.05) is 5.69 Å². The van der Waals surface area contributed by atoms with Crippen LogP contribution >= 0.6 is 0 Å². The first-order valence-corrected chi connectivity index (χ1v) is 7.32. The Morgan fingerprint density at radius 1 is 1.32 bits per heavy atom. The molecule has 10 nitrogen and oxygen atoms in total. The fourth-order valence-electron chi connectivity index (χ4n) is 1.97. The maximum Gasteiger partial charge on any atom is 0.273 e. The van der Waals surface area contributed by atoms with Crippen LogP contribution in [0.25, 0.3) is 0 Å². The van der Waals surface area contributed by atoms with Crippen LogP contribution in [0.4, 0.5) is 17.5 Å². The van der Waals surface area contributed by atoms with E-state index in [9.17, 15) is 9.59 Å². The summed E-state index contributed by atoms with van der Waals surface area (Å²) in [5, 5.41) is 22.0. The summed E-state index contributed by atoms with van der Waals surface area (Å²) in [5.41, 5.74) is 11.3. The lowest BCUT2D eigenvalue weighted by molar-refractivity contribution is -0.118. The number of primary amides is 2. The van der Waals surface area contributed by atoms with E-state index in [1.54, 1.807) is 31.2 Å². The highest BCUT2D eigenvalue weighted by Gasteiger charge is 2.18. The minimum absolute atomic E-state index is 0.00888. The first kappa shape index (κ1) is 17.6. The van der Waals surface area contributed by atoms with Crippen LogP contribution in [0.2, 0.25) is 0 Å². The quantitative estimate of drug-likeness (QED) is 0.555. The number of rotatable bonds is 7. The van der Waals surface area contributed by atoms with E-state index >= 15 is 0 Å². The number of anilines is 3. The van der Waals surface area contributed by atoms with Gasteiger partial charge in [0.15, 0.2) is 11.5 Å². The number of nitriles is 1. The number of carbonyl (C=O) groups excluding carboxylic acids is 2. The summed E-state index contributed by atoms with van der Waals surface area (Å²) in [5.74, 6) is -1.34. The van der Waals surface area contributed by atoms with Crippen molar-refractivity contribution in [2.75, 3.05) is 10.6 Å². The normalized spacial score (nSPS) is 11.2. The monoisotopic (exact) mass is 340 g/mol. The van der Waals surface area contributed by atoms with Crippen molar-refractivity contribution < 1.29 is 9.59 Å². The summed E-state index contributed by atoms with van der Waals surface area (Å²) < 4.78 is 0. The average molecular weight is 340 g/mol. The molecule has 25 heavy (non-hydrogen) atoms. The molecule has 1 heterocycles. The summed E-state index contributed by atoms with van der Waals surface area (Å²) in [4.78, 5) is 27.0. The molecule has 0 saturated carbocycles. The highest BCUT2D eigenvalue weighted by molar-refractivity contribution is 5.96. The number of hydrogen-bond acceptors (Lipinski definition) is 8. The molecule has 10 heteroatoms. The Labute approximate surface area is 143 Å². The number of nitrogens with one attached hydrogen (secondary N) is 2. The van der Waals surface area contributed by atoms with Crippen molar-refractivity contribution in [2.45, 2.75) is 19.4 Å². The minimum Gasteiger partial charge on any atom is -0.368 e. The highest BCUT2D eigenvalue weighted by Crippen LogP contribution is 2.19. The number of aromatic nitrogens is 3. The van der Waals surface area contributed by atoms with E-state index in [0.29, 0.717) is 17.7 Å². The number of amides is 2. The zero-order chi connectivity index (χ0) is 18.4. The summed E-state index contributed by atoms with van der Waals surface area (Å²) in [6.45, 7) is 1.76. The van der Waals surface area contributed by atoms with Crippen LogP contribution in [0, 0.1) is 11.3 Å². The van der Waals surface area contributed by atoms with E-state index in [4.69, 9.17) is 16.7 Å². The van der Waals surface area contributed by atoms with Crippen LogP contribution in [-0.4, -0.2) is 33.0 Å². The van der Waals surface area contributed by atoms with E-state index in [0.717, 1.165) is 0 Å². The van der Waals surface area contributed by atoms with Gasteiger partial charge in [0.05, 0.1) is 11.6 Å². The average Bonchev–Trinajstić information content (AvgIpc) is 2.59. The van der Waals surface area contributed by atoms with E-state index < -0.39 is 17.9 Å². The molecule has 2 amide bonds. The molecule has 1 atom stereocenters. The molecule has 6 N–H and O–H groups in total. The van der Waals surface area contributed by atoms with Gasteiger partial charge in [-0.25, -0.2) is 0 Å². The van der Waals surface area contributed by atoms with Crippen LogP contribution in [0.1, 0.15) is 29.4 Å². The van der Waals surface area contributed by atoms with E-state index in [2.05, 4.69) is 25.8 Å². The molecule has 2 rings (SSSR count). The van der Waals surface area contributed by atoms with Gasteiger partial charge in [-0.3, -0.25) is 9.59 Å². The fraction of sp³-hybridized carbons (Fsp3) is 0.200. The molecule has 2 aromatic rings. The molecule has 0 aliphatic carbocycles. The summed E-state index contributed by atoms with van der Waals surface area (Å²) >= 11 is 0. The Morgan fingerprint density at radius 2 is 2.08 bits per heavy atom. The Kier molecular flexibility index (Phi) is 5.42. The van der Waals surface area contributed by atoms with Crippen LogP contribution in [0.5, 0.6) is 0 Å². The molecule has 0 bridgehead atoms. The van der Waals surface area contributed by atoms with Crippen molar-refractivity contribution in [1.82, 2.24) is 15.2 Å². The van der Waals surface area contributed by atoms with E-state index in [-0.39, 0.29) is 17.5 Å². The zero-order valence-electron chi connectivity index (χ0n) is 13.4. The molecule has 0 saturated heterocycles. The molecular formula is C15H16N8O2. The van der Waals surface area contributed by atoms with E-state index in [1.807, 2.05) is 6.07 Å². The van der Waals surface area contributed by atoms with Gasteiger partial charge in [-0.05, 0) is 24.6 Å². The molecule has 0 fully saturated rings. The maximum absolute atomic E-state index is 11.5. The first-order valence-electron chi connectivity index (χ1n) is 7.32. The largest absolute Gasteiger partial charge is 0.368 e. The second kappa shape index (κ2) is 7.69. The number of nitrogens with zero attached hydrogens (tertiary/aromatic N) is 4. The Hall–Kier alpha value is -3.74. The second-order valence-corrected chi connectivity index (χ2v) is 5.02. The lowest BCUT2D eigenvalue weighted by Crippen LogP contribution is -2.35. The lowest BCUT2D eigenvalue weighted by Gasteiger charge is -2.14. The Morgan fingerprint density at radius 3 is 2.68 bits per heavy atom. The van der Waals surface area contributed by atoms with Gasteiger partial charge in [0.1, 0.15) is 6.04 Å². The van der Waals surface area contributed by atoms with Gasteiger partial charge in [-0.15, -0.1) is 10.2 Å². The third-order valence-corrected chi connectivity index (χ3v) is 3.23. The molecule has 0 aliphatic rings. The first-order chi connectivity index (χ1) is 11.9. The number of nitrogens with two attached hydrogens (primary N) is 2. The van der Waals surface area contributed by atoms with Crippen molar-refractivity contribution >= 4 is 29.3 Å². The number of benzene rings is 1. The van der Waals surface area contributed by atoms with Crippen molar-refractivity contribution in [3.05, 3.63) is 35.5 Å². The van der Waals surface area contributed by atoms with Crippen molar-refractivity contribution in [3.8, 4) is 6.07 Å². The highest BCUT2D eigenvalue weighted by atomic mass is 16.1. The smallest absolute Gasteiger partial charge is 0.273 e. The molecule has 0 aliphatic heterocycles. The van der Waals surface area contributed by atoms with Gasteiger partial charge in [0.25, 0.3) is 5.91 Å². The predicted octanol–water partition coefficient (Wildman–Crippen LogP) is 0.262. The van der Waals surface area contributed by atoms with Gasteiger partial charge in [-0.1, -0.05) is 13.0 Å². The molecule has 128 valence electrons. The Balaban J connectivity index is 2.36. The zero-order valence-corrected chi connectivity index (χ0v) is 13.4. The fourth-order valence-corrected chi connectivity index (χ4v) is 1.97. The molecule has 0 unspecified atom stereocenters. The van der Waals surface area contributed by atoms with Crippen LogP contribution in [0.15, 0.2) is 24.3 Å². The summed E-state index contributed by atoms with van der Waals surface area (Å²) in [6, 6.07) is 7.86. The number of carbonyl (C=O) groups is 2. The third-order valence-electron chi connectivity index (χ3n) is 3.23. The Bertz CT molecular complexity index is 846. The van der Waals surface area contributed by atoms with Gasteiger partial charge in [0.2, 0.25) is 11.9 Å². The van der Waals surface area contributed by atoms with Gasteiger partial charge < -0.3 is 22.1 Å². The van der Waals surface area contributed by atoms with Gasteiger partial charge in [-0.2, -0.15) is 10.2 Å². The minimum atomic E-state index is -0.826. The maximum atomic E-state index is 11.5. The molecular weight excluding hydrogens is 324 g/mol.